The molecule has 0 bridgehead atoms. The first-order valence-corrected chi connectivity index (χ1v) is 8.06. The number of likely N-dealkylation sites (N-methyl/N-ethyl adjacent to an activating group) is 1. The van der Waals surface area contributed by atoms with Gasteiger partial charge in [-0.25, -0.2) is 9.78 Å². The van der Waals surface area contributed by atoms with Crippen molar-refractivity contribution in [2.24, 2.45) is 7.05 Å². The van der Waals surface area contributed by atoms with E-state index in [0.717, 1.165) is 11.3 Å². The smallest absolute Gasteiger partial charge is 0.337 e. The summed E-state index contributed by atoms with van der Waals surface area (Å²) in [6, 6.07) is 7.20. The second kappa shape index (κ2) is 6.80. The Kier molecular flexibility index (Phi) is 4.56. The van der Waals surface area contributed by atoms with Crippen molar-refractivity contribution in [3.05, 3.63) is 54.2 Å². The Morgan fingerprint density at radius 2 is 2.04 bits per heavy atom. The molecule has 2 aromatic heterocycles. The molecule has 0 fully saturated rings. The fourth-order valence-corrected chi connectivity index (χ4v) is 2.89. The Labute approximate surface area is 145 Å². The molecule has 0 saturated heterocycles. The summed E-state index contributed by atoms with van der Waals surface area (Å²) < 4.78 is 3.58. The number of carbonyl (C=O) groups is 2. The molecule has 130 valence electrons. The number of nitrogens with zero attached hydrogens (tertiary/aromatic N) is 4. The average Bonchev–Trinajstić information content (AvgIpc) is 3.16. The van der Waals surface area contributed by atoms with Crippen molar-refractivity contribution in [1.82, 2.24) is 19.0 Å². The van der Waals surface area contributed by atoms with E-state index in [1.54, 1.807) is 27.8 Å². The average molecular weight is 340 g/mol. The van der Waals surface area contributed by atoms with Gasteiger partial charge in [-0.1, -0.05) is 18.2 Å². The minimum Gasteiger partial charge on any atom is -0.478 e. The van der Waals surface area contributed by atoms with Gasteiger partial charge in [-0.2, -0.15) is 0 Å². The summed E-state index contributed by atoms with van der Waals surface area (Å²) in [5.74, 6) is -0.273. The van der Waals surface area contributed by atoms with Crippen molar-refractivity contribution in [3.63, 3.8) is 0 Å². The zero-order valence-corrected chi connectivity index (χ0v) is 14.2. The molecule has 7 nitrogen and oxygen atoms in total. The summed E-state index contributed by atoms with van der Waals surface area (Å²) >= 11 is 0. The Hall–Kier alpha value is -3.09. The molecule has 0 spiro atoms. The van der Waals surface area contributed by atoms with Crippen LogP contribution in [0.2, 0.25) is 0 Å². The largest absolute Gasteiger partial charge is 0.478 e. The van der Waals surface area contributed by atoms with Gasteiger partial charge < -0.3 is 19.1 Å². The third-order valence-electron chi connectivity index (χ3n) is 4.31. The SMILES string of the molecule is CCN(Cc1nccn1C)C(=O)Cn1cc(C(=O)O)c2ccccc21. The highest BCUT2D eigenvalue weighted by Crippen LogP contribution is 2.21. The topological polar surface area (TPSA) is 80.4 Å². The van der Waals surface area contributed by atoms with Gasteiger partial charge in [-0.15, -0.1) is 0 Å². The van der Waals surface area contributed by atoms with Crippen molar-refractivity contribution in [3.8, 4) is 0 Å². The molecule has 0 aliphatic rings. The highest BCUT2D eigenvalue weighted by atomic mass is 16.4. The van der Waals surface area contributed by atoms with Crippen molar-refractivity contribution < 1.29 is 14.7 Å². The number of imidazole rings is 1. The summed E-state index contributed by atoms with van der Waals surface area (Å²) in [5, 5.41) is 10.0. The number of hydrogen-bond donors (Lipinski definition) is 1. The molecule has 25 heavy (non-hydrogen) atoms. The molecule has 0 unspecified atom stereocenters. The van der Waals surface area contributed by atoms with Crippen LogP contribution in [0.25, 0.3) is 10.9 Å². The lowest BCUT2D eigenvalue weighted by molar-refractivity contribution is -0.132. The third kappa shape index (κ3) is 3.26. The molecule has 7 heteroatoms. The fraction of sp³-hybridized carbons (Fsp3) is 0.278. The van der Waals surface area contributed by atoms with Crippen LogP contribution in [0.15, 0.2) is 42.9 Å². The molecule has 0 aliphatic carbocycles. The molecular formula is C18H20N4O3. The molecule has 0 atom stereocenters. The van der Waals surface area contributed by atoms with E-state index in [0.29, 0.717) is 18.5 Å². The zero-order valence-electron chi connectivity index (χ0n) is 14.2. The van der Waals surface area contributed by atoms with Crippen LogP contribution in [0.1, 0.15) is 23.1 Å². The number of carboxylic acid groups (broad SMARTS) is 1. The standard InChI is InChI=1S/C18H20N4O3/c1-3-21(11-16-19-8-9-20(16)2)17(23)12-22-10-14(18(24)25)13-6-4-5-7-15(13)22/h4-10H,3,11-12H2,1-2H3,(H,24,25). The number of benzene rings is 1. The molecule has 0 aliphatic heterocycles. The molecule has 0 saturated carbocycles. The van der Waals surface area contributed by atoms with E-state index in [1.807, 2.05) is 36.9 Å². The van der Waals surface area contributed by atoms with Crippen LogP contribution in [-0.2, 0) is 24.9 Å². The number of aromatic carboxylic acids is 1. The van der Waals surface area contributed by atoms with Gasteiger partial charge in [-0.05, 0) is 13.0 Å². The Morgan fingerprint density at radius 3 is 2.68 bits per heavy atom. The summed E-state index contributed by atoms with van der Waals surface area (Å²) in [6.45, 7) is 2.98. The minimum atomic E-state index is -0.997. The first kappa shape index (κ1) is 16.8. The molecule has 2 heterocycles. The van der Waals surface area contributed by atoms with Gasteiger partial charge in [0.2, 0.25) is 5.91 Å². The third-order valence-corrected chi connectivity index (χ3v) is 4.31. The van der Waals surface area contributed by atoms with Gasteiger partial charge in [0.1, 0.15) is 12.4 Å². The van der Waals surface area contributed by atoms with Crippen LogP contribution in [0.3, 0.4) is 0 Å². The van der Waals surface area contributed by atoms with Gasteiger partial charge in [0, 0.05) is 43.1 Å². The molecule has 1 N–H and O–H groups in total. The maximum Gasteiger partial charge on any atom is 0.337 e. The van der Waals surface area contributed by atoms with Crippen molar-refractivity contribution in [2.45, 2.75) is 20.0 Å². The van der Waals surface area contributed by atoms with Gasteiger partial charge in [0.05, 0.1) is 12.1 Å². The number of amides is 1. The first-order chi connectivity index (χ1) is 12.0. The number of aryl methyl sites for hydroxylation is 1. The zero-order chi connectivity index (χ0) is 18.0. The maximum absolute atomic E-state index is 12.7. The van der Waals surface area contributed by atoms with E-state index in [1.165, 1.54) is 6.20 Å². The van der Waals surface area contributed by atoms with Crippen molar-refractivity contribution >= 4 is 22.8 Å². The predicted molar refractivity (Wildman–Crippen MR) is 93.2 cm³/mol. The van der Waals surface area contributed by atoms with Gasteiger partial charge in [-0.3, -0.25) is 4.79 Å². The van der Waals surface area contributed by atoms with Crippen LogP contribution in [0.4, 0.5) is 0 Å². The first-order valence-electron chi connectivity index (χ1n) is 8.06. The highest BCUT2D eigenvalue weighted by Gasteiger charge is 2.18. The molecule has 3 aromatic rings. The van der Waals surface area contributed by atoms with E-state index in [-0.39, 0.29) is 18.0 Å². The maximum atomic E-state index is 12.7. The number of fused-ring (bicyclic) bond motifs is 1. The lowest BCUT2D eigenvalue weighted by Gasteiger charge is -2.21. The second-order valence-electron chi connectivity index (χ2n) is 5.86. The molecule has 3 rings (SSSR count). The number of rotatable bonds is 6. The summed E-state index contributed by atoms with van der Waals surface area (Å²) in [7, 11) is 1.89. The van der Waals surface area contributed by atoms with Crippen molar-refractivity contribution in [1.29, 1.82) is 0 Å². The molecule has 0 radical (unpaired) electrons. The second-order valence-corrected chi connectivity index (χ2v) is 5.86. The molecule has 1 amide bonds. The van der Waals surface area contributed by atoms with E-state index < -0.39 is 5.97 Å². The number of hydrogen-bond acceptors (Lipinski definition) is 3. The van der Waals surface area contributed by atoms with E-state index in [2.05, 4.69) is 4.98 Å². The van der Waals surface area contributed by atoms with Crippen LogP contribution in [-0.4, -0.2) is 42.5 Å². The lowest BCUT2D eigenvalue weighted by atomic mass is 10.2. The Morgan fingerprint density at radius 1 is 1.28 bits per heavy atom. The predicted octanol–water partition coefficient (Wildman–Crippen LogP) is 2.12. The quantitative estimate of drug-likeness (QED) is 0.745. The van der Waals surface area contributed by atoms with Crippen molar-refractivity contribution in [2.75, 3.05) is 6.54 Å². The summed E-state index contributed by atoms with van der Waals surface area (Å²) in [6.07, 6.45) is 5.07. The lowest BCUT2D eigenvalue weighted by Crippen LogP contribution is -2.34. The van der Waals surface area contributed by atoms with E-state index in [9.17, 15) is 14.7 Å². The number of para-hydroxylation sites is 1. The van der Waals surface area contributed by atoms with E-state index >= 15 is 0 Å². The number of aromatic nitrogens is 3. The highest BCUT2D eigenvalue weighted by molar-refractivity contribution is 6.03. The summed E-state index contributed by atoms with van der Waals surface area (Å²) in [4.78, 5) is 30.1. The monoisotopic (exact) mass is 340 g/mol. The number of carboxylic acids is 1. The van der Waals surface area contributed by atoms with Gasteiger partial charge >= 0.3 is 5.97 Å². The van der Waals surface area contributed by atoms with Gasteiger partial charge in [0.25, 0.3) is 0 Å². The normalized spacial score (nSPS) is 11.0. The molecular weight excluding hydrogens is 320 g/mol. The summed E-state index contributed by atoms with van der Waals surface area (Å²) in [5.41, 5.74) is 0.942. The number of carbonyl (C=O) groups excluding carboxylic acids is 1. The molecule has 1 aromatic carbocycles. The Balaban J connectivity index is 1.86. The van der Waals surface area contributed by atoms with Crippen LogP contribution < -0.4 is 0 Å². The minimum absolute atomic E-state index is 0.0804. The van der Waals surface area contributed by atoms with Gasteiger partial charge in [0.15, 0.2) is 0 Å². The van der Waals surface area contributed by atoms with Crippen LogP contribution >= 0.6 is 0 Å². The fourth-order valence-electron chi connectivity index (χ4n) is 2.89. The van der Waals surface area contributed by atoms with Crippen LogP contribution in [0.5, 0.6) is 0 Å². The van der Waals surface area contributed by atoms with E-state index in [4.69, 9.17) is 0 Å². The Bertz CT molecular complexity index is 925. The van der Waals surface area contributed by atoms with Crippen LogP contribution in [0, 0.1) is 0 Å².